The summed E-state index contributed by atoms with van der Waals surface area (Å²) in [5.41, 5.74) is 4.42. The van der Waals surface area contributed by atoms with Crippen molar-refractivity contribution < 1.29 is 8.78 Å². The fourth-order valence-corrected chi connectivity index (χ4v) is 2.78. The van der Waals surface area contributed by atoms with Crippen molar-refractivity contribution in [1.82, 2.24) is 0 Å². The largest absolute Gasteiger partial charge is 0.325 e. The Hall–Kier alpha value is 0.170. The van der Waals surface area contributed by atoms with E-state index in [0.717, 1.165) is 17.1 Å². The van der Waals surface area contributed by atoms with Crippen molar-refractivity contribution in [3.05, 3.63) is 0 Å². The van der Waals surface area contributed by atoms with Crippen molar-refractivity contribution in [3.63, 3.8) is 0 Å². The molecule has 0 aromatic rings. The minimum absolute atomic E-state index is 0.528. The minimum Gasteiger partial charge on any atom is -0.325 e. The third-order valence-electron chi connectivity index (χ3n) is 2.88. The molecule has 2 aliphatic rings. The van der Waals surface area contributed by atoms with E-state index in [0.29, 0.717) is 0 Å². The summed E-state index contributed by atoms with van der Waals surface area (Å²) in [6.07, 6.45) is 3.54. The normalized spacial score (nSPS) is 36.2. The SMILES string of the molecule is NCC(F)F.SC1C[C@H]2CCC1C2. The standard InChI is InChI=1S/C7H12S.C2H5F2N/c8-7-4-5-1-2-6(7)3-5;3-2(4)1-5/h5-8H,1-4H2;2H,1,5H2/t5-,6?,7?;/m0./s1. The molecule has 4 heteroatoms. The Kier molecular flexibility index (Phi) is 4.46. The number of fused-ring (bicyclic) bond motifs is 2. The molecule has 0 aromatic carbocycles. The third-order valence-corrected chi connectivity index (χ3v) is 3.51. The van der Waals surface area contributed by atoms with Gasteiger partial charge < -0.3 is 5.73 Å². The first-order valence-electron chi connectivity index (χ1n) is 4.79. The van der Waals surface area contributed by atoms with Crippen LogP contribution in [0.1, 0.15) is 25.7 Å². The van der Waals surface area contributed by atoms with Crippen LogP contribution in [0.5, 0.6) is 0 Å². The van der Waals surface area contributed by atoms with Crippen LogP contribution in [0.2, 0.25) is 0 Å². The van der Waals surface area contributed by atoms with Crippen molar-refractivity contribution in [2.24, 2.45) is 17.6 Å². The zero-order valence-electron chi connectivity index (χ0n) is 7.63. The molecule has 2 aliphatic carbocycles. The molecule has 3 atom stereocenters. The maximum Gasteiger partial charge on any atom is 0.250 e. The van der Waals surface area contributed by atoms with Crippen LogP contribution in [0.15, 0.2) is 0 Å². The first-order chi connectivity index (χ1) is 6.13. The number of nitrogens with two attached hydrogens (primary N) is 1. The molecule has 0 heterocycles. The van der Waals surface area contributed by atoms with E-state index in [4.69, 9.17) is 0 Å². The second kappa shape index (κ2) is 5.15. The van der Waals surface area contributed by atoms with Gasteiger partial charge in [-0.15, -0.1) is 0 Å². The van der Waals surface area contributed by atoms with Crippen LogP contribution >= 0.6 is 12.6 Å². The second-order valence-electron chi connectivity index (χ2n) is 3.87. The molecular formula is C9H17F2NS. The lowest BCUT2D eigenvalue weighted by molar-refractivity contribution is 0.158. The molecule has 2 unspecified atom stereocenters. The predicted molar refractivity (Wildman–Crippen MR) is 53.3 cm³/mol. The van der Waals surface area contributed by atoms with E-state index >= 15 is 0 Å². The molecule has 0 amide bonds. The highest BCUT2D eigenvalue weighted by atomic mass is 32.1. The van der Waals surface area contributed by atoms with Crippen molar-refractivity contribution in [3.8, 4) is 0 Å². The molecule has 0 radical (unpaired) electrons. The smallest absolute Gasteiger partial charge is 0.250 e. The summed E-state index contributed by atoms with van der Waals surface area (Å²) < 4.78 is 21.3. The Morgan fingerprint density at radius 2 is 1.92 bits per heavy atom. The quantitative estimate of drug-likeness (QED) is 0.637. The average molecular weight is 209 g/mol. The number of rotatable bonds is 1. The maximum atomic E-state index is 10.6. The summed E-state index contributed by atoms with van der Waals surface area (Å²) in [7, 11) is 0. The monoisotopic (exact) mass is 209 g/mol. The summed E-state index contributed by atoms with van der Waals surface area (Å²) in [6.45, 7) is -0.528. The van der Waals surface area contributed by atoms with Crippen LogP contribution in [-0.2, 0) is 0 Å². The van der Waals surface area contributed by atoms with Gasteiger partial charge in [-0.25, -0.2) is 8.78 Å². The Morgan fingerprint density at radius 3 is 2.08 bits per heavy atom. The van der Waals surface area contributed by atoms with Crippen LogP contribution in [-0.4, -0.2) is 18.2 Å². The molecule has 78 valence electrons. The predicted octanol–water partition coefficient (Wildman–Crippen LogP) is 2.32. The summed E-state index contributed by atoms with van der Waals surface area (Å²) in [5, 5.41) is 0.772. The van der Waals surface area contributed by atoms with Crippen LogP contribution in [0.25, 0.3) is 0 Å². The molecule has 2 bridgehead atoms. The molecule has 0 saturated heterocycles. The van der Waals surface area contributed by atoms with Gasteiger partial charge in [-0.05, 0) is 31.1 Å². The van der Waals surface area contributed by atoms with Gasteiger partial charge in [0.1, 0.15) is 0 Å². The third kappa shape index (κ3) is 3.43. The Labute approximate surface area is 83.5 Å². The summed E-state index contributed by atoms with van der Waals surface area (Å²) in [4.78, 5) is 0. The highest BCUT2D eigenvalue weighted by molar-refractivity contribution is 7.81. The fourth-order valence-electron chi connectivity index (χ4n) is 2.21. The molecule has 0 spiro atoms. The molecule has 0 aromatic heterocycles. The summed E-state index contributed by atoms with van der Waals surface area (Å²) >= 11 is 4.50. The first kappa shape index (κ1) is 11.2. The highest BCUT2D eigenvalue weighted by Crippen LogP contribution is 2.46. The lowest BCUT2D eigenvalue weighted by atomic mass is 10.0. The minimum atomic E-state index is -2.34. The van der Waals surface area contributed by atoms with Crippen LogP contribution in [0.3, 0.4) is 0 Å². The van der Waals surface area contributed by atoms with Gasteiger partial charge in [-0.1, -0.05) is 6.42 Å². The van der Waals surface area contributed by atoms with Gasteiger partial charge in [-0.2, -0.15) is 12.6 Å². The molecule has 13 heavy (non-hydrogen) atoms. The number of hydrogen-bond donors (Lipinski definition) is 2. The van der Waals surface area contributed by atoms with E-state index in [2.05, 4.69) is 18.4 Å². The van der Waals surface area contributed by atoms with Crippen molar-refractivity contribution >= 4 is 12.6 Å². The van der Waals surface area contributed by atoms with Gasteiger partial charge in [0.15, 0.2) is 0 Å². The summed E-state index contributed by atoms with van der Waals surface area (Å²) in [5.74, 6) is 2.07. The zero-order chi connectivity index (χ0) is 9.84. The number of thiol groups is 1. The zero-order valence-corrected chi connectivity index (χ0v) is 8.52. The van der Waals surface area contributed by atoms with Crippen LogP contribution in [0.4, 0.5) is 8.78 Å². The van der Waals surface area contributed by atoms with Gasteiger partial charge in [0, 0.05) is 5.25 Å². The van der Waals surface area contributed by atoms with Gasteiger partial charge in [-0.3, -0.25) is 0 Å². The molecule has 2 saturated carbocycles. The molecule has 2 N–H and O–H groups in total. The van der Waals surface area contributed by atoms with E-state index in [-0.39, 0.29) is 0 Å². The van der Waals surface area contributed by atoms with Crippen molar-refractivity contribution in [1.29, 1.82) is 0 Å². The summed E-state index contributed by atoms with van der Waals surface area (Å²) in [6, 6.07) is 0. The van der Waals surface area contributed by atoms with Gasteiger partial charge >= 0.3 is 0 Å². The van der Waals surface area contributed by atoms with E-state index in [1.807, 2.05) is 0 Å². The van der Waals surface area contributed by atoms with E-state index < -0.39 is 13.0 Å². The fraction of sp³-hybridized carbons (Fsp3) is 1.00. The second-order valence-corrected chi connectivity index (χ2v) is 4.53. The first-order valence-corrected chi connectivity index (χ1v) is 5.31. The Morgan fingerprint density at radius 1 is 1.31 bits per heavy atom. The van der Waals surface area contributed by atoms with Crippen LogP contribution < -0.4 is 5.73 Å². The van der Waals surface area contributed by atoms with Gasteiger partial charge in [0.2, 0.25) is 0 Å². The number of halogens is 2. The molecule has 0 aliphatic heterocycles. The van der Waals surface area contributed by atoms with E-state index in [9.17, 15) is 8.78 Å². The molecule has 2 fully saturated rings. The van der Waals surface area contributed by atoms with E-state index in [1.165, 1.54) is 25.7 Å². The highest BCUT2D eigenvalue weighted by Gasteiger charge is 2.37. The molecule has 2 rings (SSSR count). The Balaban J connectivity index is 0.000000149. The molecular weight excluding hydrogens is 192 g/mol. The van der Waals surface area contributed by atoms with Crippen molar-refractivity contribution in [2.75, 3.05) is 6.54 Å². The van der Waals surface area contributed by atoms with Gasteiger partial charge in [0.25, 0.3) is 6.43 Å². The van der Waals surface area contributed by atoms with Crippen LogP contribution in [0, 0.1) is 11.8 Å². The van der Waals surface area contributed by atoms with E-state index in [1.54, 1.807) is 0 Å². The number of hydrogen-bond acceptors (Lipinski definition) is 2. The molecule has 1 nitrogen and oxygen atoms in total. The lowest BCUT2D eigenvalue weighted by Gasteiger charge is -2.14. The Bertz CT molecular complexity index is 153. The number of alkyl halides is 2. The average Bonchev–Trinajstić information content (AvgIpc) is 2.65. The van der Waals surface area contributed by atoms with Crippen molar-refractivity contribution in [2.45, 2.75) is 37.4 Å². The topological polar surface area (TPSA) is 26.0 Å². The maximum absolute atomic E-state index is 10.6. The van der Waals surface area contributed by atoms with Gasteiger partial charge in [0.05, 0.1) is 6.54 Å². The lowest BCUT2D eigenvalue weighted by Crippen LogP contribution is -2.08.